The summed E-state index contributed by atoms with van der Waals surface area (Å²) in [6.07, 6.45) is 5.63. The molecule has 1 saturated heterocycles. The van der Waals surface area contributed by atoms with Gasteiger partial charge in [-0.15, -0.1) is 0 Å². The van der Waals surface area contributed by atoms with Gasteiger partial charge in [0, 0.05) is 45.3 Å². The van der Waals surface area contributed by atoms with E-state index in [9.17, 15) is 0 Å². The predicted molar refractivity (Wildman–Crippen MR) is 82.4 cm³/mol. The van der Waals surface area contributed by atoms with Crippen molar-refractivity contribution < 1.29 is 0 Å². The Balaban J connectivity index is 1.64. The van der Waals surface area contributed by atoms with Gasteiger partial charge in [0.25, 0.3) is 0 Å². The average Bonchev–Trinajstić information content (AvgIpc) is 3.01. The second-order valence-electron chi connectivity index (χ2n) is 5.87. The van der Waals surface area contributed by atoms with E-state index in [1.807, 2.05) is 14.0 Å². The van der Waals surface area contributed by atoms with Gasteiger partial charge in [0.05, 0.1) is 0 Å². The minimum absolute atomic E-state index is 0.838. The molecule has 1 aliphatic heterocycles. The molecular weight excluding hydrogens is 250 g/mol. The Morgan fingerprint density at radius 3 is 2.45 bits per heavy atom. The number of aromatic nitrogens is 2. The highest BCUT2D eigenvalue weighted by molar-refractivity contribution is 5.49. The summed E-state index contributed by atoms with van der Waals surface area (Å²) in [7, 11) is 1.91. The second-order valence-corrected chi connectivity index (χ2v) is 5.87. The van der Waals surface area contributed by atoms with Crippen LogP contribution in [0.3, 0.4) is 0 Å². The summed E-state index contributed by atoms with van der Waals surface area (Å²) < 4.78 is 0. The molecule has 110 valence electrons. The van der Waals surface area contributed by atoms with Crippen LogP contribution < -0.4 is 10.2 Å². The van der Waals surface area contributed by atoms with Gasteiger partial charge in [0.2, 0.25) is 0 Å². The second kappa shape index (κ2) is 5.95. The third-order valence-electron chi connectivity index (χ3n) is 4.56. The van der Waals surface area contributed by atoms with Gasteiger partial charge in [-0.2, -0.15) is 0 Å². The van der Waals surface area contributed by atoms with Gasteiger partial charge in [-0.1, -0.05) is 12.8 Å². The summed E-state index contributed by atoms with van der Waals surface area (Å²) in [4.78, 5) is 14.0. The SMILES string of the molecule is CNc1cc(N2CCN(C3CCCC3)CC2)nc(C)n1. The molecule has 0 bridgehead atoms. The molecule has 0 atom stereocenters. The first-order valence-electron chi connectivity index (χ1n) is 7.78. The maximum absolute atomic E-state index is 4.58. The quantitative estimate of drug-likeness (QED) is 0.912. The maximum Gasteiger partial charge on any atom is 0.134 e. The lowest BCUT2D eigenvalue weighted by atomic mass is 10.2. The zero-order valence-corrected chi connectivity index (χ0v) is 12.6. The number of nitrogens with zero attached hydrogens (tertiary/aromatic N) is 4. The summed E-state index contributed by atoms with van der Waals surface area (Å²) in [6.45, 7) is 6.45. The summed E-state index contributed by atoms with van der Waals surface area (Å²) in [5.74, 6) is 2.81. The van der Waals surface area contributed by atoms with E-state index < -0.39 is 0 Å². The average molecular weight is 275 g/mol. The molecule has 1 aromatic rings. The largest absolute Gasteiger partial charge is 0.373 e. The first kappa shape index (κ1) is 13.6. The molecule has 3 rings (SSSR count). The topological polar surface area (TPSA) is 44.3 Å². The van der Waals surface area contributed by atoms with Crippen LogP contribution in [-0.2, 0) is 0 Å². The van der Waals surface area contributed by atoms with Crippen LogP contribution in [0.25, 0.3) is 0 Å². The summed E-state index contributed by atoms with van der Waals surface area (Å²) in [5.41, 5.74) is 0. The van der Waals surface area contributed by atoms with E-state index in [0.717, 1.165) is 36.6 Å². The smallest absolute Gasteiger partial charge is 0.134 e. The molecule has 1 saturated carbocycles. The Hall–Kier alpha value is -1.36. The van der Waals surface area contributed by atoms with Crippen LogP contribution in [0, 0.1) is 6.92 Å². The Morgan fingerprint density at radius 1 is 1.10 bits per heavy atom. The number of hydrogen-bond donors (Lipinski definition) is 1. The van der Waals surface area contributed by atoms with E-state index in [1.54, 1.807) is 0 Å². The molecule has 5 nitrogen and oxygen atoms in total. The maximum atomic E-state index is 4.58. The molecule has 0 aromatic carbocycles. The molecule has 1 N–H and O–H groups in total. The zero-order chi connectivity index (χ0) is 13.9. The van der Waals surface area contributed by atoms with Crippen molar-refractivity contribution in [3.05, 3.63) is 11.9 Å². The third kappa shape index (κ3) is 2.87. The normalized spacial score (nSPS) is 21.4. The highest BCUT2D eigenvalue weighted by Crippen LogP contribution is 2.25. The summed E-state index contributed by atoms with van der Waals surface area (Å²) in [5, 5.41) is 3.11. The van der Waals surface area contributed by atoms with Crippen molar-refractivity contribution in [1.29, 1.82) is 0 Å². The number of aryl methyl sites for hydroxylation is 1. The molecule has 0 spiro atoms. The number of nitrogens with one attached hydrogen (secondary N) is 1. The van der Waals surface area contributed by atoms with Crippen LogP contribution >= 0.6 is 0 Å². The monoisotopic (exact) mass is 275 g/mol. The van der Waals surface area contributed by atoms with Crippen LogP contribution in [-0.4, -0.2) is 54.1 Å². The minimum atomic E-state index is 0.838. The molecule has 5 heteroatoms. The van der Waals surface area contributed by atoms with E-state index in [1.165, 1.54) is 38.8 Å². The molecule has 0 radical (unpaired) electrons. The Kier molecular flexibility index (Phi) is 4.05. The molecule has 2 aliphatic rings. The van der Waals surface area contributed by atoms with E-state index >= 15 is 0 Å². The van der Waals surface area contributed by atoms with Crippen molar-refractivity contribution in [3.63, 3.8) is 0 Å². The van der Waals surface area contributed by atoms with E-state index in [4.69, 9.17) is 0 Å². The van der Waals surface area contributed by atoms with Crippen LogP contribution in [0.15, 0.2) is 6.07 Å². The van der Waals surface area contributed by atoms with Gasteiger partial charge in [-0.05, 0) is 19.8 Å². The van der Waals surface area contributed by atoms with Crippen molar-refractivity contribution in [1.82, 2.24) is 14.9 Å². The first-order valence-corrected chi connectivity index (χ1v) is 7.78. The standard InChI is InChI=1S/C15H25N5/c1-12-17-14(16-2)11-15(18-12)20-9-7-19(8-10-20)13-5-3-4-6-13/h11,13H,3-10H2,1-2H3,(H,16,17,18). The van der Waals surface area contributed by atoms with Crippen LogP contribution in [0.2, 0.25) is 0 Å². The zero-order valence-electron chi connectivity index (χ0n) is 12.6. The molecule has 0 amide bonds. The Morgan fingerprint density at radius 2 is 1.80 bits per heavy atom. The molecule has 2 heterocycles. The number of anilines is 2. The van der Waals surface area contributed by atoms with Gasteiger partial charge >= 0.3 is 0 Å². The molecule has 0 unspecified atom stereocenters. The number of hydrogen-bond acceptors (Lipinski definition) is 5. The van der Waals surface area contributed by atoms with Gasteiger partial charge in [0.15, 0.2) is 0 Å². The summed E-state index contributed by atoms with van der Waals surface area (Å²) in [6, 6.07) is 2.90. The Labute approximate surface area is 121 Å². The Bertz CT molecular complexity index is 448. The van der Waals surface area contributed by atoms with Crippen LogP contribution in [0.1, 0.15) is 31.5 Å². The highest BCUT2D eigenvalue weighted by atomic mass is 15.3. The summed E-state index contributed by atoms with van der Waals surface area (Å²) >= 11 is 0. The van der Waals surface area contributed by atoms with Crippen molar-refractivity contribution in [2.75, 3.05) is 43.4 Å². The van der Waals surface area contributed by atoms with Gasteiger partial charge in [-0.3, -0.25) is 4.90 Å². The van der Waals surface area contributed by atoms with E-state index in [0.29, 0.717) is 0 Å². The van der Waals surface area contributed by atoms with Gasteiger partial charge < -0.3 is 10.2 Å². The van der Waals surface area contributed by atoms with Crippen molar-refractivity contribution >= 4 is 11.6 Å². The minimum Gasteiger partial charge on any atom is -0.373 e. The lowest BCUT2D eigenvalue weighted by Gasteiger charge is -2.38. The predicted octanol–water partition coefficient (Wildman–Crippen LogP) is 1.89. The molecule has 1 aliphatic carbocycles. The van der Waals surface area contributed by atoms with E-state index in [-0.39, 0.29) is 0 Å². The molecular formula is C15H25N5. The lowest BCUT2D eigenvalue weighted by Crippen LogP contribution is -2.50. The number of rotatable bonds is 3. The molecule has 20 heavy (non-hydrogen) atoms. The molecule has 2 fully saturated rings. The van der Waals surface area contributed by atoms with Crippen molar-refractivity contribution in [2.45, 2.75) is 38.6 Å². The molecule has 1 aromatic heterocycles. The first-order chi connectivity index (χ1) is 9.76. The number of piperazine rings is 1. The van der Waals surface area contributed by atoms with E-state index in [2.05, 4.69) is 31.2 Å². The van der Waals surface area contributed by atoms with Gasteiger partial charge in [0.1, 0.15) is 17.5 Å². The van der Waals surface area contributed by atoms with Crippen LogP contribution in [0.4, 0.5) is 11.6 Å². The lowest BCUT2D eigenvalue weighted by molar-refractivity contribution is 0.187. The third-order valence-corrected chi connectivity index (χ3v) is 4.56. The van der Waals surface area contributed by atoms with Crippen molar-refractivity contribution in [3.8, 4) is 0 Å². The fourth-order valence-corrected chi connectivity index (χ4v) is 3.43. The van der Waals surface area contributed by atoms with Gasteiger partial charge in [-0.25, -0.2) is 9.97 Å². The van der Waals surface area contributed by atoms with Crippen LogP contribution in [0.5, 0.6) is 0 Å². The highest BCUT2D eigenvalue weighted by Gasteiger charge is 2.26. The fraction of sp³-hybridized carbons (Fsp3) is 0.733. The fourth-order valence-electron chi connectivity index (χ4n) is 3.43. The van der Waals surface area contributed by atoms with Crippen molar-refractivity contribution in [2.24, 2.45) is 0 Å².